The van der Waals surface area contributed by atoms with Crippen molar-refractivity contribution >= 4 is 0 Å². The molecule has 4 unspecified atom stereocenters. The normalized spacial score (nSPS) is 50.9. The van der Waals surface area contributed by atoms with Crippen LogP contribution in [0.5, 0.6) is 0 Å². The maximum Gasteiger partial charge on any atom is 0.0634 e. The highest BCUT2D eigenvalue weighted by atomic mass is 16.5. The Bertz CT molecular complexity index is 451. The summed E-state index contributed by atoms with van der Waals surface area (Å²) in [6, 6.07) is 0. The van der Waals surface area contributed by atoms with Crippen LogP contribution in [0.25, 0.3) is 0 Å². The Balaban J connectivity index is 1.60. The van der Waals surface area contributed by atoms with Crippen molar-refractivity contribution in [3.8, 4) is 0 Å². The molecule has 0 bridgehead atoms. The highest BCUT2D eigenvalue weighted by Gasteiger charge is 2.60. The molecular formula is C22H39NO. The van der Waals surface area contributed by atoms with Crippen LogP contribution in [-0.4, -0.2) is 19.3 Å². The second-order valence-corrected chi connectivity index (χ2v) is 10.0. The molecule has 0 aromatic rings. The van der Waals surface area contributed by atoms with E-state index in [1.807, 2.05) is 0 Å². The summed E-state index contributed by atoms with van der Waals surface area (Å²) >= 11 is 0. The van der Waals surface area contributed by atoms with Crippen LogP contribution in [0, 0.1) is 34.5 Å². The van der Waals surface area contributed by atoms with Crippen LogP contribution in [0.1, 0.15) is 84.5 Å². The minimum atomic E-state index is 0.452. The highest BCUT2D eigenvalue weighted by Crippen LogP contribution is 2.66. The first kappa shape index (κ1) is 17.3. The van der Waals surface area contributed by atoms with Gasteiger partial charge < -0.3 is 10.5 Å². The minimum absolute atomic E-state index is 0.452. The van der Waals surface area contributed by atoms with E-state index in [9.17, 15) is 0 Å². The molecule has 24 heavy (non-hydrogen) atoms. The van der Waals surface area contributed by atoms with Crippen molar-refractivity contribution in [1.29, 1.82) is 0 Å². The molecule has 4 rings (SSSR count). The molecule has 138 valence electrons. The lowest BCUT2D eigenvalue weighted by Gasteiger charge is -2.61. The second kappa shape index (κ2) is 6.58. The average molecular weight is 334 g/mol. The summed E-state index contributed by atoms with van der Waals surface area (Å²) in [6.45, 7) is 6.88. The maximum atomic E-state index is 6.53. The first-order valence-corrected chi connectivity index (χ1v) is 10.9. The van der Waals surface area contributed by atoms with Crippen molar-refractivity contribution in [2.24, 2.45) is 40.2 Å². The van der Waals surface area contributed by atoms with Gasteiger partial charge in [-0.1, -0.05) is 33.1 Å². The predicted molar refractivity (Wildman–Crippen MR) is 99.8 cm³/mol. The Kier molecular flexibility index (Phi) is 4.75. The number of hydrogen-bond acceptors (Lipinski definition) is 2. The molecule has 4 aliphatic carbocycles. The van der Waals surface area contributed by atoms with E-state index in [4.69, 9.17) is 10.5 Å². The summed E-state index contributed by atoms with van der Waals surface area (Å²) < 4.78 is 6.53. The molecule has 0 spiro atoms. The fourth-order valence-corrected chi connectivity index (χ4v) is 7.79. The zero-order valence-corrected chi connectivity index (χ0v) is 16.1. The predicted octanol–water partition coefficient (Wildman–Crippen LogP) is 5.15. The standard InChI is InChI=1S/C22H39NO/c1-21-11-4-3-7-16(21)9-10-17-18-8-5-12-22(18,2)20(15-19(17)21)24-14-6-13-23/h16-20H,3-15,23H2,1-2H3/t16?,17?,18?,19?,20-,21-,22+/m0/s1. The van der Waals surface area contributed by atoms with Gasteiger partial charge in [0.1, 0.15) is 0 Å². The molecule has 0 amide bonds. The van der Waals surface area contributed by atoms with E-state index < -0.39 is 0 Å². The molecule has 2 N–H and O–H groups in total. The van der Waals surface area contributed by atoms with Crippen molar-refractivity contribution in [1.82, 2.24) is 0 Å². The van der Waals surface area contributed by atoms with Crippen LogP contribution in [0.4, 0.5) is 0 Å². The summed E-state index contributed by atoms with van der Waals surface area (Å²) in [5.74, 6) is 3.85. The molecule has 0 saturated heterocycles. The molecule has 0 aromatic carbocycles. The van der Waals surface area contributed by atoms with Gasteiger partial charge in [0.25, 0.3) is 0 Å². The summed E-state index contributed by atoms with van der Waals surface area (Å²) in [5.41, 5.74) is 6.78. The molecule has 4 fully saturated rings. The third kappa shape index (κ3) is 2.58. The first-order chi connectivity index (χ1) is 11.6. The molecule has 7 atom stereocenters. The van der Waals surface area contributed by atoms with E-state index in [-0.39, 0.29) is 0 Å². The van der Waals surface area contributed by atoms with Crippen LogP contribution in [-0.2, 0) is 4.74 Å². The lowest BCUT2D eigenvalue weighted by Crippen LogP contribution is -2.57. The molecule has 0 aliphatic heterocycles. The zero-order valence-electron chi connectivity index (χ0n) is 16.1. The van der Waals surface area contributed by atoms with Gasteiger partial charge in [-0.3, -0.25) is 0 Å². The van der Waals surface area contributed by atoms with Gasteiger partial charge >= 0.3 is 0 Å². The number of rotatable bonds is 4. The number of hydrogen-bond donors (Lipinski definition) is 1. The number of nitrogens with two attached hydrogens (primary N) is 1. The maximum absolute atomic E-state index is 6.53. The topological polar surface area (TPSA) is 35.2 Å². The Morgan fingerprint density at radius 1 is 0.917 bits per heavy atom. The van der Waals surface area contributed by atoms with Crippen LogP contribution < -0.4 is 5.73 Å². The van der Waals surface area contributed by atoms with Crippen molar-refractivity contribution < 1.29 is 4.74 Å². The van der Waals surface area contributed by atoms with Crippen molar-refractivity contribution in [3.63, 3.8) is 0 Å². The molecule has 0 radical (unpaired) electrons. The monoisotopic (exact) mass is 333 g/mol. The van der Waals surface area contributed by atoms with Gasteiger partial charge in [-0.05, 0) is 92.4 Å². The molecule has 4 aliphatic rings. The van der Waals surface area contributed by atoms with Gasteiger partial charge in [-0.25, -0.2) is 0 Å². The summed E-state index contributed by atoms with van der Waals surface area (Å²) in [6.07, 6.45) is 16.1. The SMILES string of the molecule is C[C@]12CCCCC1CCC1C2C[C@H](OCCCN)[C@]2(C)CCCC12. The van der Waals surface area contributed by atoms with Gasteiger partial charge in [0, 0.05) is 6.61 Å². The van der Waals surface area contributed by atoms with Gasteiger partial charge in [0.05, 0.1) is 6.10 Å². The van der Waals surface area contributed by atoms with E-state index in [1.54, 1.807) is 0 Å². The zero-order chi connectivity index (χ0) is 16.8. The van der Waals surface area contributed by atoms with Crippen LogP contribution in [0.3, 0.4) is 0 Å². The van der Waals surface area contributed by atoms with E-state index >= 15 is 0 Å². The van der Waals surface area contributed by atoms with Crippen molar-refractivity contribution in [3.05, 3.63) is 0 Å². The average Bonchev–Trinajstić information content (AvgIpc) is 2.98. The van der Waals surface area contributed by atoms with Gasteiger partial charge in [0.2, 0.25) is 0 Å². The smallest absolute Gasteiger partial charge is 0.0634 e. The summed E-state index contributed by atoms with van der Waals surface area (Å²) in [4.78, 5) is 0. The quantitative estimate of drug-likeness (QED) is 0.722. The molecule has 0 aromatic heterocycles. The molecule has 4 saturated carbocycles. The third-order valence-electron chi connectivity index (χ3n) is 9.13. The van der Waals surface area contributed by atoms with E-state index in [2.05, 4.69) is 13.8 Å². The lowest BCUT2D eigenvalue weighted by molar-refractivity contribution is -0.170. The summed E-state index contributed by atoms with van der Waals surface area (Å²) in [5, 5.41) is 0. The number of ether oxygens (including phenoxy) is 1. The Labute approximate surface area is 149 Å². The van der Waals surface area contributed by atoms with Crippen LogP contribution in [0.2, 0.25) is 0 Å². The van der Waals surface area contributed by atoms with Crippen LogP contribution >= 0.6 is 0 Å². The third-order valence-corrected chi connectivity index (χ3v) is 9.13. The fraction of sp³-hybridized carbons (Fsp3) is 1.00. The van der Waals surface area contributed by atoms with Crippen molar-refractivity contribution in [2.75, 3.05) is 13.2 Å². The lowest BCUT2D eigenvalue weighted by atomic mass is 9.45. The molecule has 0 heterocycles. The largest absolute Gasteiger partial charge is 0.378 e. The van der Waals surface area contributed by atoms with Gasteiger partial charge in [0.15, 0.2) is 0 Å². The van der Waals surface area contributed by atoms with E-state index in [0.29, 0.717) is 16.9 Å². The minimum Gasteiger partial charge on any atom is -0.378 e. The Morgan fingerprint density at radius 2 is 1.75 bits per heavy atom. The molecule has 2 heteroatoms. The molecular weight excluding hydrogens is 294 g/mol. The number of fused-ring (bicyclic) bond motifs is 5. The van der Waals surface area contributed by atoms with Gasteiger partial charge in [-0.15, -0.1) is 0 Å². The van der Waals surface area contributed by atoms with E-state index in [1.165, 1.54) is 64.2 Å². The van der Waals surface area contributed by atoms with Crippen LogP contribution in [0.15, 0.2) is 0 Å². The Morgan fingerprint density at radius 3 is 2.58 bits per heavy atom. The Hall–Kier alpha value is -0.0800. The highest BCUT2D eigenvalue weighted by molar-refractivity contribution is 5.09. The van der Waals surface area contributed by atoms with E-state index in [0.717, 1.165) is 43.2 Å². The van der Waals surface area contributed by atoms with Gasteiger partial charge in [-0.2, -0.15) is 0 Å². The fourth-order valence-electron chi connectivity index (χ4n) is 7.79. The summed E-state index contributed by atoms with van der Waals surface area (Å²) in [7, 11) is 0. The second-order valence-electron chi connectivity index (χ2n) is 10.0. The van der Waals surface area contributed by atoms with Crippen molar-refractivity contribution in [2.45, 2.75) is 90.6 Å². The first-order valence-electron chi connectivity index (χ1n) is 10.9. The molecule has 2 nitrogen and oxygen atoms in total.